The molecule has 1 N–H and O–H groups in total. The van der Waals surface area contributed by atoms with Crippen LogP contribution >= 0.6 is 0 Å². The van der Waals surface area contributed by atoms with Crippen LogP contribution in [0.4, 0.5) is 5.82 Å². The monoisotopic (exact) mass is 501 g/mol. The number of rotatable bonds is 6. The van der Waals surface area contributed by atoms with Crippen molar-refractivity contribution in [3.8, 4) is 17.1 Å². The second kappa shape index (κ2) is 10.1. The van der Waals surface area contributed by atoms with E-state index in [9.17, 15) is 0 Å². The van der Waals surface area contributed by atoms with Crippen molar-refractivity contribution < 1.29 is 4.74 Å². The summed E-state index contributed by atoms with van der Waals surface area (Å²) in [6.45, 7) is 4.15. The van der Waals surface area contributed by atoms with Gasteiger partial charge in [-0.2, -0.15) is 10.2 Å². The zero-order valence-electron chi connectivity index (χ0n) is 21.8. The summed E-state index contributed by atoms with van der Waals surface area (Å²) in [5.41, 5.74) is 3.95. The van der Waals surface area contributed by atoms with E-state index >= 15 is 0 Å². The molecule has 2 fully saturated rings. The van der Waals surface area contributed by atoms with Crippen molar-refractivity contribution >= 4 is 16.7 Å². The van der Waals surface area contributed by atoms with Crippen LogP contribution in [0.3, 0.4) is 0 Å². The predicted octanol–water partition coefficient (Wildman–Crippen LogP) is 4.26. The molecular formula is C27H35N9O. The molecule has 2 aliphatic rings. The predicted molar refractivity (Wildman–Crippen MR) is 143 cm³/mol. The second-order valence-corrected chi connectivity index (χ2v) is 10.4. The number of anilines is 1. The zero-order chi connectivity index (χ0) is 25.4. The lowest BCUT2D eigenvalue weighted by molar-refractivity contribution is 0.124. The molecule has 0 unspecified atom stereocenters. The lowest BCUT2D eigenvalue weighted by atomic mass is 9.93. The SMILES string of the molecule is CNc1cc2c(cn1)c(-c1cnn(C3CCN(C)CC3)c1)nn2[C@H]1CC[C@@H](Oc2nccnc2C)CC1. The van der Waals surface area contributed by atoms with E-state index in [1.165, 1.54) is 0 Å². The van der Waals surface area contributed by atoms with E-state index in [2.05, 4.69) is 53.8 Å². The summed E-state index contributed by atoms with van der Waals surface area (Å²) in [6, 6.07) is 2.86. The van der Waals surface area contributed by atoms with Gasteiger partial charge in [0.05, 0.1) is 29.5 Å². The normalized spacial score (nSPS) is 21.4. The molecule has 4 aromatic rings. The van der Waals surface area contributed by atoms with Crippen LogP contribution in [-0.2, 0) is 0 Å². The lowest BCUT2D eigenvalue weighted by Gasteiger charge is -2.29. The van der Waals surface area contributed by atoms with Gasteiger partial charge in [0.1, 0.15) is 17.6 Å². The van der Waals surface area contributed by atoms with Crippen molar-refractivity contribution in [1.82, 2.24) is 39.4 Å². The molecular weight excluding hydrogens is 466 g/mol. The number of fused-ring (bicyclic) bond motifs is 1. The maximum absolute atomic E-state index is 6.20. The Hall–Kier alpha value is -3.53. The van der Waals surface area contributed by atoms with Crippen LogP contribution in [0.1, 0.15) is 56.3 Å². The largest absolute Gasteiger partial charge is 0.473 e. The molecule has 1 aliphatic heterocycles. The standard InChI is InChI=1S/C27H35N9O/c1-18-27(30-11-10-29-18)37-22-6-4-21(5-7-22)36-24-14-25(28-2)31-16-23(24)26(33-36)19-15-32-35(17-19)20-8-12-34(3)13-9-20/h10-11,14-17,20-22H,4-9,12-13H2,1-3H3,(H,28,31)/t21-,22+. The van der Waals surface area contributed by atoms with E-state index in [4.69, 9.17) is 14.9 Å². The first-order valence-corrected chi connectivity index (χ1v) is 13.3. The van der Waals surface area contributed by atoms with Crippen LogP contribution in [0.25, 0.3) is 22.2 Å². The highest BCUT2D eigenvalue weighted by Gasteiger charge is 2.28. The minimum Gasteiger partial charge on any atom is -0.473 e. The summed E-state index contributed by atoms with van der Waals surface area (Å²) in [5, 5.41) is 14.2. The summed E-state index contributed by atoms with van der Waals surface area (Å²) in [7, 11) is 4.09. The first-order valence-electron chi connectivity index (χ1n) is 13.3. The molecule has 0 amide bonds. The number of hydrogen-bond acceptors (Lipinski definition) is 8. The van der Waals surface area contributed by atoms with Crippen molar-refractivity contribution in [2.24, 2.45) is 0 Å². The Morgan fingerprint density at radius 3 is 2.49 bits per heavy atom. The minimum atomic E-state index is 0.148. The van der Waals surface area contributed by atoms with Crippen molar-refractivity contribution in [2.45, 2.75) is 63.6 Å². The molecule has 194 valence electrons. The van der Waals surface area contributed by atoms with Crippen molar-refractivity contribution in [3.63, 3.8) is 0 Å². The Kier molecular flexibility index (Phi) is 6.50. The molecule has 1 saturated carbocycles. The number of nitrogens with zero attached hydrogens (tertiary/aromatic N) is 8. The van der Waals surface area contributed by atoms with E-state index < -0.39 is 0 Å². The molecule has 1 aliphatic carbocycles. The molecule has 0 aromatic carbocycles. The number of aromatic nitrogens is 7. The van der Waals surface area contributed by atoms with Gasteiger partial charge in [0, 0.05) is 48.9 Å². The van der Waals surface area contributed by atoms with Gasteiger partial charge in [-0.1, -0.05) is 0 Å². The molecule has 10 heteroatoms. The van der Waals surface area contributed by atoms with Crippen molar-refractivity contribution in [1.29, 1.82) is 0 Å². The number of pyridine rings is 1. The van der Waals surface area contributed by atoms with E-state index in [-0.39, 0.29) is 6.10 Å². The molecule has 4 aromatic heterocycles. The highest BCUT2D eigenvalue weighted by Crippen LogP contribution is 2.37. The fourth-order valence-electron chi connectivity index (χ4n) is 5.66. The third-order valence-corrected chi connectivity index (χ3v) is 7.89. The Labute approximate surface area is 217 Å². The van der Waals surface area contributed by atoms with E-state index in [1.807, 2.05) is 26.4 Å². The molecule has 0 bridgehead atoms. The van der Waals surface area contributed by atoms with Gasteiger partial charge in [0.2, 0.25) is 5.88 Å². The Bertz CT molecular complexity index is 1360. The van der Waals surface area contributed by atoms with Gasteiger partial charge < -0.3 is 15.0 Å². The lowest BCUT2D eigenvalue weighted by Crippen LogP contribution is -2.31. The van der Waals surface area contributed by atoms with Crippen LogP contribution in [0, 0.1) is 6.92 Å². The zero-order valence-corrected chi connectivity index (χ0v) is 21.8. The van der Waals surface area contributed by atoms with Crippen molar-refractivity contribution in [2.75, 3.05) is 32.5 Å². The molecule has 0 spiro atoms. The fraction of sp³-hybridized carbons (Fsp3) is 0.519. The number of likely N-dealkylation sites (tertiary alicyclic amines) is 1. The van der Waals surface area contributed by atoms with Crippen LogP contribution < -0.4 is 10.1 Å². The van der Waals surface area contributed by atoms with Crippen LogP contribution in [-0.4, -0.2) is 72.7 Å². The average Bonchev–Trinajstić information content (AvgIpc) is 3.56. The summed E-state index contributed by atoms with van der Waals surface area (Å²) in [6.07, 6.45) is 15.8. The second-order valence-electron chi connectivity index (χ2n) is 10.4. The minimum absolute atomic E-state index is 0.148. The van der Waals surface area contributed by atoms with Crippen LogP contribution in [0.2, 0.25) is 0 Å². The quantitative estimate of drug-likeness (QED) is 0.418. The van der Waals surface area contributed by atoms with Crippen LogP contribution in [0.15, 0.2) is 37.1 Å². The van der Waals surface area contributed by atoms with Gasteiger partial charge in [0.15, 0.2) is 0 Å². The van der Waals surface area contributed by atoms with E-state index in [0.29, 0.717) is 18.0 Å². The van der Waals surface area contributed by atoms with Gasteiger partial charge in [-0.15, -0.1) is 0 Å². The molecule has 1 saturated heterocycles. The summed E-state index contributed by atoms with van der Waals surface area (Å²) >= 11 is 0. The molecule has 5 heterocycles. The Balaban J connectivity index is 1.25. The molecule has 0 radical (unpaired) electrons. The number of aryl methyl sites for hydroxylation is 1. The molecule has 6 rings (SSSR count). The maximum atomic E-state index is 6.20. The Morgan fingerprint density at radius 1 is 0.946 bits per heavy atom. The maximum Gasteiger partial charge on any atom is 0.235 e. The number of nitrogens with one attached hydrogen (secondary N) is 1. The first-order chi connectivity index (χ1) is 18.1. The number of ether oxygens (including phenoxy) is 1. The van der Waals surface area contributed by atoms with E-state index in [0.717, 1.165) is 85.3 Å². The fourth-order valence-corrected chi connectivity index (χ4v) is 5.66. The smallest absolute Gasteiger partial charge is 0.235 e. The summed E-state index contributed by atoms with van der Waals surface area (Å²) in [5.74, 6) is 1.49. The van der Waals surface area contributed by atoms with Gasteiger partial charge in [-0.05, 0) is 65.6 Å². The highest BCUT2D eigenvalue weighted by molar-refractivity contribution is 5.93. The van der Waals surface area contributed by atoms with Crippen LogP contribution in [0.5, 0.6) is 5.88 Å². The molecule has 0 atom stereocenters. The summed E-state index contributed by atoms with van der Waals surface area (Å²) in [4.78, 5) is 15.7. The Morgan fingerprint density at radius 2 is 1.73 bits per heavy atom. The van der Waals surface area contributed by atoms with Gasteiger partial charge in [0.25, 0.3) is 0 Å². The number of piperidine rings is 1. The topological polar surface area (TPSA) is 98.8 Å². The highest BCUT2D eigenvalue weighted by atomic mass is 16.5. The van der Waals surface area contributed by atoms with Crippen molar-refractivity contribution in [3.05, 3.63) is 42.7 Å². The van der Waals surface area contributed by atoms with Gasteiger partial charge >= 0.3 is 0 Å². The molecule has 10 nitrogen and oxygen atoms in total. The van der Waals surface area contributed by atoms with E-state index in [1.54, 1.807) is 12.4 Å². The number of hydrogen-bond donors (Lipinski definition) is 1. The third-order valence-electron chi connectivity index (χ3n) is 7.89. The average molecular weight is 502 g/mol. The van der Waals surface area contributed by atoms with Gasteiger partial charge in [-0.3, -0.25) is 14.3 Å². The molecule has 37 heavy (non-hydrogen) atoms. The summed E-state index contributed by atoms with van der Waals surface area (Å²) < 4.78 is 10.5. The first kappa shape index (κ1) is 23.8. The van der Waals surface area contributed by atoms with Gasteiger partial charge in [-0.25, -0.2) is 9.97 Å². The third kappa shape index (κ3) is 4.77.